The van der Waals surface area contributed by atoms with Gasteiger partial charge in [0.25, 0.3) is 0 Å². The summed E-state index contributed by atoms with van der Waals surface area (Å²) < 4.78 is 10.8. The summed E-state index contributed by atoms with van der Waals surface area (Å²) in [6.07, 6.45) is 2.76. The molecular weight excluding hydrogens is 226 g/mol. The number of halogens is 1. The minimum Gasteiger partial charge on any atom is -0.495 e. The van der Waals surface area contributed by atoms with Gasteiger partial charge in [-0.15, -0.1) is 0 Å². The van der Waals surface area contributed by atoms with Crippen molar-refractivity contribution >= 4 is 11.6 Å². The van der Waals surface area contributed by atoms with Gasteiger partial charge in [-0.1, -0.05) is 11.6 Å². The first-order chi connectivity index (χ1) is 7.77. The van der Waals surface area contributed by atoms with Crippen molar-refractivity contribution in [2.24, 2.45) is 5.73 Å². The molecule has 3 nitrogen and oxygen atoms in total. The van der Waals surface area contributed by atoms with Crippen molar-refractivity contribution in [3.05, 3.63) is 22.2 Å². The lowest BCUT2D eigenvalue weighted by Gasteiger charge is -2.13. The van der Waals surface area contributed by atoms with Gasteiger partial charge >= 0.3 is 0 Å². The summed E-state index contributed by atoms with van der Waals surface area (Å²) >= 11 is 6.26. The highest BCUT2D eigenvalue weighted by molar-refractivity contribution is 6.33. The van der Waals surface area contributed by atoms with Crippen LogP contribution in [0.2, 0.25) is 5.02 Å². The van der Waals surface area contributed by atoms with Crippen LogP contribution >= 0.6 is 11.6 Å². The van der Waals surface area contributed by atoms with Gasteiger partial charge in [-0.3, -0.25) is 0 Å². The van der Waals surface area contributed by atoms with Gasteiger partial charge in [0, 0.05) is 6.42 Å². The van der Waals surface area contributed by atoms with Gasteiger partial charge in [0.1, 0.15) is 16.5 Å². The van der Waals surface area contributed by atoms with E-state index in [2.05, 4.69) is 6.07 Å². The molecule has 1 heterocycles. The van der Waals surface area contributed by atoms with Crippen molar-refractivity contribution in [2.75, 3.05) is 20.3 Å². The highest BCUT2D eigenvalue weighted by atomic mass is 35.5. The molecule has 0 unspecified atom stereocenters. The minimum atomic E-state index is 0.601. The van der Waals surface area contributed by atoms with Gasteiger partial charge in [-0.05, 0) is 36.6 Å². The third-order valence-electron chi connectivity index (χ3n) is 2.80. The molecule has 1 aliphatic rings. The molecule has 0 fully saturated rings. The van der Waals surface area contributed by atoms with E-state index in [4.69, 9.17) is 26.8 Å². The Morgan fingerprint density at radius 1 is 1.56 bits per heavy atom. The molecule has 2 N–H and O–H groups in total. The summed E-state index contributed by atoms with van der Waals surface area (Å²) in [4.78, 5) is 0. The van der Waals surface area contributed by atoms with Crippen LogP contribution in [0.3, 0.4) is 0 Å². The van der Waals surface area contributed by atoms with Crippen LogP contribution in [0.15, 0.2) is 6.07 Å². The van der Waals surface area contributed by atoms with E-state index >= 15 is 0 Å². The highest BCUT2D eigenvalue weighted by Crippen LogP contribution is 2.42. The molecule has 1 aromatic rings. The molecule has 1 aromatic carbocycles. The number of nitrogens with two attached hydrogens (primary N) is 1. The van der Waals surface area contributed by atoms with E-state index in [9.17, 15) is 0 Å². The predicted molar refractivity (Wildman–Crippen MR) is 64.6 cm³/mol. The van der Waals surface area contributed by atoms with Gasteiger partial charge < -0.3 is 15.2 Å². The normalized spacial score (nSPS) is 13.4. The monoisotopic (exact) mass is 241 g/mol. The number of ether oxygens (including phenoxy) is 2. The van der Waals surface area contributed by atoms with Crippen LogP contribution in [-0.4, -0.2) is 20.3 Å². The Morgan fingerprint density at radius 3 is 3.06 bits per heavy atom. The van der Waals surface area contributed by atoms with Gasteiger partial charge in [-0.25, -0.2) is 0 Å². The molecule has 0 radical (unpaired) electrons. The van der Waals surface area contributed by atoms with E-state index < -0.39 is 0 Å². The number of rotatable bonds is 4. The van der Waals surface area contributed by atoms with Crippen molar-refractivity contribution in [1.82, 2.24) is 0 Å². The lowest BCUT2D eigenvalue weighted by Crippen LogP contribution is -2.02. The lowest BCUT2D eigenvalue weighted by molar-refractivity contribution is 0.352. The van der Waals surface area contributed by atoms with E-state index in [0.29, 0.717) is 18.2 Å². The van der Waals surface area contributed by atoms with Crippen LogP contribution in [0.5, 0.6) is 11.5 Å². The summed E-state index contributed by atoms with van der Waals surface area (Å²) in [6.45, 7) is 1.38. The van der Waals surface area contributed by atoms with E-state index in [1.54, 1.807) is 7.11 Å². The Balaban J connectivity index is 2.39. The summed E-state index contributed by atoms with van der Waals surface area (Å²) in [7, 11) is 1.63. The van der Waals surface area contributed by atoms with E-state index in [0.717, 1.165) is 36.3 Å². The van der Waals surface area contributed by atoms with Crippen LogP contribution in [0.25, 0.3) is 0 Å². The fourth-order valence-electron chi connectivity index (χ4n) is 2.03. The third-order valence-corrected chi connectivity index (χ3v) is 3.15. The second-order valence-corrected chi connectivity index (χ2v) is 4.24. The SMILES string of the molecule is COc1c(CCCN)cc2c(c1Cl)OCC2. The molecule has 0 saturated heterocycles. The zero-order chi connectivity index (χ0) is 11.5. The summed E-state index contributed by atoms with van der Waals surface area (Å²) in [6, 6.07) is 2.13. The maximum atomic E-state index is 6.26. The lowest BCUT2D eigenvalue weighted by atomic mass is 10.0. The molecule has 0 aliphatic carbocycles. The summed E-state index contributed by atoms with van der Waals surface area (Å²) in [5.74, 6) is 1.52. The molecule has 4 heteroatoms. The summed E-state index contributed by atoms with van der Waals surface area (Å²) in [5.41, 5.74) is 7.83. The number of aryl methyl sites for hydroxylation is 1. The first kappa shape index (κ1) is 11.6. The van der Waals surface area contributed by atoms with Gasteiger partial charge in [0.2, 0.25) is 0 Å². The second kappa shape index (κ2) is 4.93. The van der Waals surface area contributed by atoms with Crippen LogP contribution < -0.4 is 15.2 Å². The zero-order valence-corrected chi connectivity index (χ0v) is 10.1. The molecule has 0 aromatic heterocycles. The summed E-state index contributed by atoms with van der Waals surface area (Å²) in [5, 5.41) is 0.601. The molecule has 0 atom stereocenters. The maximum Gasteiger partial charge on any atom is 0.145 e. The standard InChI is InChI=1S/C12H16ClNO2/c1-15-11-8(3-2-5-14)7-9-4-6-16-12(9)10(11)13/h7H,2-6,14H2,1H3. The molecule has 2 rings (SSSR count). The van der Waals surface area contributed by atoms with E-state index in [1.807, 2.05) is 0 Å². The number of hydrogen-bond acceptors (Lipinski definition) is 3. The number of hydrogen-bond donors (Lipinski definition) is 1. The maximum absolute atomic E-state index is 6.26. The van der Waals surface area contributed by atoms with E-state index in [1.165, 1.54) is 5.56 Å². The second-order valence-electron chi connectivity index (χ2n) is 3.86. The Hall–Kier alpha value is -0.930. The average Bonchev–Trinajstić information content (AvgIpc) is 2.75. The van der Waals surface area contributed by atoms with Crippen molar-refractivity contribution in [1.29, 1.82) is 0 Å². The van der Waals surface area contributed by atoms with Gasteiger partial charge in [-0.2, -0.15) is 0 Å². The Morgan fingerprint density at radius 2 is 2.38 bits per heavy atom. The Kier molecular flexibility index (Phi) is 3.56. The molecule has 16 heavy (non-hydrogen) atoms. The Labute approximate surface area is 100 Å². The molecule has 0 amide bonds. The van der Waals surface area contributed by atoms with Crippen molar-refractivity contribution in [2.45, 2.75) is 19.3 Å². The number of methoxy groups -OCH3 is 1. The van der Waals surface area contributed by atoms with Crippen LogP contribution in [0.4, 0.5) is 0 Å². The van der Waals surface area contributed by atoms with Gasteiger partial charge in [0.15, 0.2) is 0 Å². The highest BCUT2D eigenvalue weighted by Gasteiger charge is 2.22. The Bertz CT molecular complexity index is 393. The minimum absolute atomic E-state index is 0.601. The van der Waals surface area contributed by atoms with Crippen LogP contribution in [0, 0.1) is 0 Å². The van der Waals surface area contributed by atoms with Gasteiger partial charge in [0.05, 0.1) is 13.7 Å². The zero-order valence-electron chi connectivity index (χ0n) is 9.38. The smallest absolute Gasteiger partial charge is 0.145 e. The first-order valence-electron chi connectivity index (χ1n) is 5.49. The van der Waals surface area contributed by atoms with Crippen molar-refractivity contribution < 1.29 is 9.47 Å². The topological polar surface area (TPSA) is 44.5 Å². The molecule has 0 saturated carbocycles. The third kappa shape index (κ3) is 1.97. The van der Waals surface area contributed by atoms with Crippen LogP contribution in [-0.2, 0) is 12.8 Å². The van der Waals surface area contributed by atoms with Crippen LogP contribution in [0.1, 0.15) is 17.5 Å². The molecular formula is C12H16ClNO2. The molecule has 1 aliphatic heterocycles. The largest absolute Gasteiger partial charge is 0.495 e. The van der Waals surface area contributed by atoms with Crippen molar-refractivity contribution in [3.8, 4) is 11.5 Å². The molecule has 0 bridgehead atoms. The van der Waals surface area contributed by atoms with Crippen molar-refractivity contribution in [3.63, 3.8) is 0 Å². The number of fused-ring (bicyclic) bond motifs is 1. The molecule has 88 valence electrons. The quantitative estimate of drug-likeness (QED) is 0.879. The fourth-order valence-corrected chi connectivity index (χ4v) is 2.40. The first-order valence-corrected chi connectivity index (χ1v) is 5.86. The number of benzene rings is 1. The fraction of sp³-hybridized carbons (Fsp3) is 0.500. The van der Waals surface area contributed by atoms with E-state index in [-0.39, 0.29) is 0 Å². The average molecular weight is 242 g/mol. The predicted octanol–water partition coefficient (Wildman–Crippen LogP) is 2.17. The molecule has 0 spiro atoms.